The molecule has 1 aliphatic heterocycles. The van der Waals surface area contributed by atoms with Crippen LogP contribution in [-0.2, 0) is 4.79 Å². The number of anilines is 3. The fraction of sp³-hybridized carbons (Fsp3) is 0.350. The Morgan fingerprint density at radius 1 is 0.920 bits per heavy atom. The number of fused-ring (bicyclic) bond motifs is 1. The van der Waals surface area contributed by atoms with E-state index >= 15 is 0 Å². The number of benzene rings is 2. The van der Waals surface area contributed by atoms with Crippen molar-refractivity contribution in [1.29, 1.82) is 0 Å². The van der Waals surface area contributed by atoms with Crippen molar-refractivity contribution in [1.82, 2.24) is 0 Å². The predicted molar refractivity (Wildman–Crippen MR) is 99.9 cm³/mol. The molecule has 1 aliphatic rings. The fourth-order valence-electron chi connectivity index (χ4n) is 2.83. The number of rotatable bonds is 6. The lowest BCUT2D eigenvalue weighted by molar-refractivity contribution is -0.120. The molecule has 0 spiro atoms. The first-order valence-electron chi connectivity index (χ1n) is 8.77. The van der Waals surface area contributed by atoms with Gasteiger partial charge < -0.3 is 20.1 Å². The highest BCUT2D eigenvalue weighted by Crippen LogP contribution is 2.33. The van der Waals surface area contributed by atoms with Crippen LogP contribution in [0.1, 0.15) is 26.7 Å². The van der Waals surface area contributed by atoms with Crippen molar-refractivity contribution in [2.45, 2.75) is 26.7 Å². The number of amides is 1. The van der Waals surface area contributed by atoms with Crippen molar-refractivity contribution >= 4 is 23.0 Å². The molecular formula is C20H24N2O3. The number of nitrogens with one attached hydrogen (secondary N) is 2. The van der Waals surface area contributed by atoms with Gasteiger partial charge in [-0.2, -0.15) is 0 Å². The van der Waals surface area contributed by atoms with Crippen LogP contribution in [0.2, 0.25) is 0 Å². The second-order valence-corrected chi connectivity index (χ2v) is 6.06. The molecule has 0 fully saturated rings. The number of ether oxygens (including phenoxy) is 2. The van der Waals surface area contributed by atoms with E-state index in [2.05, 4.69) is 10.6 Å². The van der Waals surface area contributed by atoms with Crippen LogP contribution in [0, 0.1) is 5.92 Å². The van der Waals surface area contributed by atoms with E-state index in [-0.39, 0.29) is 11.8 Å². The first-order valence-corrected chi connectivity index (χ1v) is 8.77. The smallest absolute Gasteiger partial charge is 0.227 e. The summed E-state index contributed by atoms with van der Waals surface area (Å²) < 4.78 is 11.1. The third kappa shape index (κ3) is 4.24. The minimum Gasteiger partial charge on any atom is -0.486 e. The molecule has 0 bridgehead atoms. The predicted octanol–water partition coefficient (Wildman–Crippen LogP) is 4.58. The molecular weight excluding hydrogens is 316 g/mol. The van der Waals surface area contributed by atoms with Gasteiger partial charge in [-0.25, -0.2) is 0 Å². The van der Waals surface area contributed by atoms with Crippen LogP contribution in [0.25, 0.3) is 0 Å². The van der Waals surface area contributed by atoms with Crippen LogP contribution in [0.4, 0.5) is 17.1 Å². The second-order valence-electron chi connectivity index (χ2n) is 6.06. The normalized spacial score (nSPS) is 12.8. The number of hydrogen-bond acceptors (Lipinski definition) is 4. The lowest BCUT2D eigenvalue weighted by Crippen LogP contribution is -2.21. The quantitative estimate of drug-likeness (QED) is 0.808. The minimum absolute atomic E-state index is 0.0653. The lowest BCUT2D eigenvalue weighted by Gasteiger charge is -2.19. The monoisotopic (exact) mass is 340 g/mol. The summed E-state index contributed by atoms with van der Waals surface area (Å²) in [6.45, 7) is 5.23. The van der Waals surface area contributed by atoms with E-state index in [9.17, 15) is 4.79 Å². The first kappa shape index (κ1) is 17.1. The molecule has 5 heteroatoms. The summed E-state index contributed by atoms with van der Waals surface area (Å²) in [5.74, 6) is 1.68. The summed E-state index contributed by atoms with van der Waals surface area (Å²) >= 11 is 0. The molecule has 2 aromatic carbocycles. The van der Waals surface area contributed by atoms with Gasteiger partial charge in [-0.3, -0.25) is 4.79 Å². The molecule has 5 nitrogen and oxygen atoms in total. The summed E-state index contributed by atoms with van der Waals surface area (Å²) in [6.07, 6.45) is 1.71. The first-order chi connectivity index (χ1) is 12.2. The highest BCUT2D eigenvalue weighted by atomic mass is 16.6. The summed E-state index contributed by atoms with van der Waals surface area (Å²) in [4.78, 5) is 12.1. The van der Waals surface area contributed by atoms with Crippen molar-refractivity contribution in [3.05, 3.63) is 42.5 Å². The molecule has 0 saturated heterocycles. The van der Waals surface area contributed by atoms with Crippen LogP contribution in [-0.4, -0.2) is 19.1 Å². The fourth-order valence-corrected chi connectivity index (χ4v) is 2.83. The zero-order valence-electron chi connectivity index (χ0n) is 14.7. The third-order valence-electron chi connectivity index (χ3n) is 4.34. The molecule has 0 atom stereocenters. The lowest BCUT2D eigenvalue weighted by atomic mass is 10.0. The van der Waals surface area contributed by atoms with Crippen molar-refractivity contribution in [3.63, 3.8) is 0 Å². The molecule has 1 amide bonds. The molecule has 0 aromatic heterocycles. The molecule has 2 N–H and O–H groups in total. The van der Waals surface area contributed by atoms with Crippen LogP contribution in [0.3, 0.4) is 0 Å². The zero-order chi connectivity index (χ0) is 17.6. The Hall–Kier alpha value is -2.69. The van der Waals surface area contributed by atoms with Crippen molar-refractivity contribution in [3.8, 4) is 11.5 Å². The van der Waals surface area contributed by atoms with E-state index in [1.165, 1.54) is 0 Å². The van der Waals surface area contributed by atoms with E-state index in [0.29, 0.717) is 13.2 Å². The molecule has 0 radical (unpaired) electrons. The number of carbonyl (C=O) groups excluding carboxylic acids is 1. The molecule has 25 heavy (non-hydrogen) atoms. The maximum atomic E-state index is 12.1. The van der Waals surface area contributed by atoms with E-state index in [4.69, 9.17) is 9.47 Å². The van der Waals surface area contributed by atoms with Gasteiger partial charge in [0.15, 0.2) is 11.5 Å². The highest BCUT2D eigenvalue weighted by molar-refractivity contribution is 5.92. The highest BCUT2D eigenvalue weighted by Gasteiger charge is 2.14. The van der Waals surface area contributed by atoms with E-state index in [0.717, 1.165) is 41.4 Å². The SMILES string of the molecule is CCC(CC)C(=O)Nc1ccc(Nc2ccc3c(c2)OCCO3)cc1. The van der Waals surface area contributed by atoms with Gasteiger partial charge in [-0.1, -0.05) is 13.8 Å². The van der Waals surface area contributed by atoms with Crippen molar-refractivity contribution in [2.24, 2.45) is 5.92 Å². The Morgan fingerprint density at radius 2 is 1.52 bits per heavy atom. The Balaban J connectivity index is 1.64. The summed E-state index contributed by atoms with van der Waals surface area (Å²) in [6, 6.07) is 13.5. The van der Waals surface area contributed by atoms with E-state index < -0.39 is 0 Å². The average Bonchev–Trinajstić information content (AvgIpc) is 2.64. The van der Waals surface area contributed by atoms with Crippen LogP contribution >= 0.6 is 0 Å². The molecule has 2 aromatic rings. The van der Waals surface area contributed by atoms with Gasteiger partial charge in [0.2, 0.25) is 5.91 Å². The van der Waals surface area contributed by atoms with Crippen LogP contribution in [0.5, 0.6) is 11.5 Å². The molecule has 3 rings (SSSR count). The summed E-state index contributed by atoms with van der Waals surface area (Å²) in [7, 11) is 0. The van der Waals surface area contributed by atoms with Gasteiger partial charge in [0, 0.05) is 29.0 Å². The van der Waals surface area contributed by atoms with Crippen LogP contribution in [0.15, 0.2) is 42.5 Å². The van der Waals surface area contributed by atoms with Gasteiger partial charge in [-0.15, -0.1) is 0 Å². The summed E-state index contributed by atoms with van der Waals surface area (Å²) in [5.41, 5.74) is 2.68. The Bertz CT molecular complexity index is 724. The number of hydrogen-bond donors (Lipinski definition) is 2. The van der Waals surface area contributed by atoms with Crippen molar-refractivity contribution < 1.29 is 14.3 Å². The van der Waals surface area contributed by atoms with Gasteiger partial charge in [-0.05, 0) is 49.2 Å². The third-order valence-corrected chi connectivity index (χ3v) is 4.34. The maximum absolute atomic E-state index is 12.1. The van der Waals surface area contributed by atoms with Gasteiger partial charge in [0.1, 0.15) is 13.2 Å². The van der Waals surface area contributed by atoms with Gasteiger partial charge in [0.05, 0.1) is 0 Å². The maximum Gasteiger partial charge on any atom is 0.227 e. The van der Waals surface area contributed by atoms with Gasteiger partial charge >= 0.3 is 0 Å². The zero-order valence-corrected chi connectivity index (χ0v) is 14.7. The average molecular weight is 340 g/mol. The molecule has 132 valence electrons. The van der Waals surface area contributed by atoms with Crippen LogP contribution < -0.4 is 20.1 Å². The molecule has 0 aliphatic carbocycles. The van der Waals surface area contributed by atoms with E-state index in [1.807, 2.05) is 56.3 Å². The molecule has 1 heterocycles. The van der Waals surface area contributed by atoms with E-state index in [1.54, 1.807) is 0 Å². The second kappa shape index (κ2) is 7.92. The Morgan fingerprint density at radius 3 is 2.20 bits per heavy atom. The van der Waals surface area contributed by atoms with Crippen molar-refractivity contribution in [2.75, 3.05) is 23.8 Å². The molecule has 0 unspecified atom stereocenters. The topological polar surface area (TPSA) is 59.6 Å². The number of carbonyl (C=O) groups is 1. The largest absolute Gasteiger partial charge is 0.486 e. The Labute approximate surface area is 148 Å². The minimum atomic E-state index is 0.0653. The van der Waals surface area contributed by atoms with Gasteiger partial charge in [0.25, 0.3) is 0 Å². The summed E-state index contributed by atoms with van der Waals surface area (Å²) in [5, 5.41) is 6.30. The Kier molecular flexibility index (Phi) is 5.43. The molecule has 0 saturated carbocycles. The standard InChI is InChI=1S/C20H24N2O3/c1-3-14(4-2)20(23)22-16-7-5-15(6-8-16)21-17-9-10-18-19(13-17)25-12-11-24-18/h5-10,13-14,21H,3-4,11-12H2,1-2H3,(H,22,23).